The third-order valence-corrected chi connectivity index (χ3v) is 10.4. The number of aromatic nitrogens is 4. The summed E-state index contributed by atoms with van der Waals surface area (Å²) in [6.45, 7) is 2.28. The number of hydrogen-bond acceptors (Lipinski definition) is 4. The fraction of sp³-hybridized carbons (Fsp3) is 0.0976. The second-order valence-corrected chi connectivity index (χ2v) is 13.1. The maximum Gasteiger partial charge on any atom is 0.238 e. The number of thiophene rings is 1. The summed E-state index contributed by atoms with van der Waals surface area (Å²) in [5, 5.41) is 6.43. The van der Waals surface area contributed by atoms with Gasteiger partial charge in [0.1, 0.15) is 0 Å². The molecule has 0 spiro atoms. The summed E-state index contributed by atoms with van der Waals surface area (Å²) in [7, 11) is 0. The van der Waals surface area contributed by atoms with Gasteiger partial charge in [-0.3, -0.25) is 4.57 Å². The monoisotopic (exact) mass is 610 g/mol. The van der Waals surface area contributed by atoms with E-state index in [-0.39, 0.29) is 0 Å². The molecular formula is C41H30N4S. The first-order chi connectivity index (χ1) is 22.7. The van der Waals surface area contributed by atoms with Crippen LogP contribution in [0.3, 0.4) is 0 Å². The summed E-state index contributed by atoms with van der Waals surface area (Å²) in [5.74, 6) is 1.99. The number of nitrogens with zero attached hydrogens (tertiary/aromatic N) is 4. The molecule has 220 valence electrons. The molecule has 4 nitrogen and oxygen atoms in total. The number of rotatable bonds is 5. The van der Waals surface area contributed by atoms with E-state index < -0.39 is 0 Å². The molecule has 1 aliphatic rings. The van der Waals surface area contributed by atoms with Gasteiger partial charge in [0.05, 0.1) is 10.9 Å². The third-order valence-electron chi connectivity index (χ3n) is 9.12. The second kappa shape index (κ2) is 10.9. The van der Waals surface area contributed by atoms with Crippen LogP contribution < -0.4 is 10.6 Å². The number of fused-ring (bicyclic) bond motifs is 6. The topological polar surface area (TPSA) is 43.6 Å². The van der Waals surface area contributed by atoms with Gasteiger partial charge in [0.25, 0.3) is 0 Å². The molecule has 9 rings (SSSR count). The highest BCUT2D eigenvalue weighted by Gasteiger charge is 2.19. The summed E-state index contributed by atoms with van der Waals surface area (Å²) in [4.78, 5) is 15.2. The SMILES string of the molecule is CC1=c2c(n(-c3nc(-c4ccccc4)nc(-c4ccccc4)n3)c3ccc(Cc4cccc5c4sc4ccccc45)cc23)=CCC1. The average Bonchev–Trinajstić information content (AvgIpc) is 3.66. The summed E-state index contributed by atoms with van der Waals surface area (Å²) >= 11 is 1.90. The van der Waals surface area contributed by atoms with Gasteiger partial charge in [0, 0.05) is 41.9 Å². The van der Waals surface area contributed by atoms with Crippen LogP contribution in [0.25, 0.3) is 71.4 Å². The van der Waals surface area contributed by atoms with E-state index in [0.717, 1.165) is 35.9 Å². The van der Waals surface area contributed by atoms with Crippen molar-refractivity contribution in [3.8, 4) is 28.7 Å². The molecule has 0 atom stereocenters. The minimum Gasteiger partial charge on any atom is -0.278 e. The van der Waals surface area contributed by atoms with Crippen molar-refractivity contribution < 1.29 is 0 Å². The van der Waals surface area contributed by atoms with E-state index in [0.29, 0.717) is 17.6 Å². The molecule has 0 N–H and O–H groups in total. The Morgan fingerprint density at radius 3 is 2.13 bits per heavy atom. The van der Waals surface area contributed by atoms with Crippen molar-refractivity contribution in [1.82, 2.24) is 19.5 Å². The lowest BCUT2D eigenvalue weighted by Gasteiger charge is -2.11. The van der Waals surface area contributed by atoms with Crippen LogP contribution in [0.15, 0.2) is 121 Å². The average molecular weight is 611 g/mol. The Morgan fingerprint density at radius 2 is 1.37 bits per heavy atom. The van der Waals surface area contributed by atoms with Crippen molar-refractivity contribution in [2.75, 3.05) is 0 Å². The zero-order valence-electron chi connectivity index (χ0n) is 25.4. The molecule has 5 aromatic carbocycles. The highest BCUT2D eigenvalue weighted by Crippen LogP contribution is 2.36. The van der Waals surface area contributed by atoms with Gasteiger partial charge in [-0.25, -0.2) is 4.98 Å². The molecule has 1 aliphatic carbocycles. The lowest BCUT2D eigenvalue weighted by atomic mass is 9.99. The van der Waals surface area contributed by atoms with Gasteiger partial charge < -0.3 is 0 Å². The fourth-order valence-corrected chi connectivity index (χ4v) is 8.15. The number of benzene rings is 5. The quantitative estimate of drug-likeness (QED) is 0.196. The molecule has 0 fully saturated rings. The van der Waals surface area contributed by atoms with Crippen molar-refractivity contribution in [2.45, 2.75) is 26.2 Å². The number of hydrogen-bond donors (Lipinski definition) is 0. The van der Waals surface area contributed by atoms with Crippen LogP contribution in [-0.4, -0.2) is 19.5 Å². The second-order valence-electron chi connectivity index (χ2n) is 12.1. The lowest BCUT2D eigenvalue weighted by molar-refractivity contribution is 0.899. The Bertz CT molecular complexity index is 2500. The normalized spacial score (nSPS) is 12.9. The van der Waals surface area contributed by atoms with Crippen molar-refractivity contribution in [1.29, 1.82) is 0 Å². The first-order valence-electron chi connectivity index (χ1n) is 15.8. The smallest absolute Gasteiger partial charge is 0.238 e. The van der Waals surface area contributed by atoms with Crippen LogP contribution in [0, 0.1) is 0 Å². The first kappa shape index (κ1) is 27.0. The molecule has 0 saturated carbocycles. The van der Waals surface area contributed by atoms with Crippen LogP contribution >= 0.6 is 11.3 Å². The molecule has 46 heavy (non-hydrogen) atoms. The van der Waals surface area contributed by atoms with E-state index in [1.807, 2.05) is 47.7 Å². The van der Waals surface area contributed by atoms with Crippen molar-refractivity contribution in [2.24, 2.45) is 0 Å². The Kier molecular flexibility index (Phi) is 6.39. The predicted octanol–water partition coefficient (Wildman–Crippen LogP) is 8.85. The van der Waals surface area contributed by atoms with Crippen LogP contribution in [-0.2, 0) is 6.42 Å². The standard InChI is InChI=1S/C41H30N4S/c1-26-12-10-20-35-37(26)33-25-27(24-30-17-11-19-32-31-18-8-9-21-36(31)46-38(30)32)22-23-34(33)45(35)41-43-39(28-13-4-2-5-14-28)42-40(44-41)29-15-6-3-7-16-29/h2-9,11,13-23,25H,10,12,24H2,1H3. The minimum absolute atomic E-state index is 0.646. The van der Waals surface area contributed by atoms with Crippen molar-refractivity contribution in [3.63, 3.8) is 0 Å². The van der Waals surface area contributed by atoms with Gasteiger partial charge >= 0.3 is 0 Å². The van der Waals surface area contributed by atoms with E-state index in [4.69, 9.17) is 15.0 Å². The molecule has 0 bridgehead atoms. The van der Waals surface area contributed by atoms with Gasteiger partial charge in [-0.1, -0.05) is 115 Å². The van der Waals surface area contributed by atoms with E-state index >= 15 is 0 Å². The first-order valence-corrected chi connectivity index (χ1v) is 16.6. The highest BCUT2D eigenvalue weighted by atomic mass is 32.1. The van der Waals surface area contributed by atoms with E-state index in [2.05, 4.69) is 102 Å². The van der Waals surface area contributed by atoms with Gasteiger partial charge in [-0.05, 0) is 55.5 Å². The Labute approximate surface area is 270 Å². The summed E-state index contributed by atoms with van der Waals surface area (Å²) in [5.41, 5.74) is 7.15. The summed E-state index contributed by atoms with van der Waals surface area (Å²) < 4.78 is 4.98. The molecule has 0 saturated heterocycles. The maximum atomic E-state index is 5.11. The molecular weight excluding hydrogens is 581 g/mol. The highest BCUT2D eigenvalue weighted by molar-refractivity contribution is 7.26. The van der Waals surface area contributed by atoms with Crippen molar-refractivity contribution >= 4 is 54.1 Å². The van der Waals surface area contributed by atoms with E-state index in [1.165, 1.54) is 52.8 Å². The molecule has 0 unspecified atom stereocenters. The third kappa shape index (κ3) is 4.46. The van der Waals surface area contributed by atoms with E-state index in [1.54, 1.807) is 0 Å². The zero-order chi connectivity index (χ0) is 30.6. The summed E-state index contributed by atoms with van der Waals surface area (Å²) in [6.07, 6.45) is 5.29. The van der Waals surface area contributed by atoms with Crippen LogP contribution in [0.4, 0.5) is 0 Å². The molecule has 5 heteroatoms. The molecule has 0 amide bonds. The van der Waals surface area contributed by atoms with Gasteiger partial charge in [0.15, 0.2) is 11.6 Å². The fourth-order valence-electron chi connectivity index (χ4n) is 6.94. The Hall–Kier alpha value is -5.39. The Balaban J connectivity index is 1.24. The molecule has 3 heterocycles. The Morgan fingerprint density at radius 1 is 0.674 bits per heavy atom. The van der Waals surface area contributed by atoms with Crippen LogP contribution in [0.5, 0.6) is 0 Å². The molecule has 0 radical (unpaired) electrons. The molecule has 0 aliphatic heterocycles. The predicted molar refractivity (Wildman–Crippen MR) is 192 cm³/mol. The summed E-state index contributed by atoms with van der Waals surface area (Å²) in [6, 6.07) is 42.8. The molecule has 3 aromatic heterocycles. The van der Waals surface area contributed by atoms with Crippen LogP contribution in [0.2, 0.25) is 0 Å². The van der Waals surface area contributed by atoms with Gasteiger partial charge in [0.2, 0.25) is 5.95 Å². The van der Waals surface area contributed by atoms with E-state index in [9.17, 15) is 0 Å². The van der Waals surface area contributed by atoms with Gasteiger partial charge in [-0.2, -0.15) is 9.97 Å². The van der Waals surface area contributed by atoms with Crippen LogP contribution in [0.1, 0.15) is 30.9 Å². The largest absolute Gasteiger partial charge is 0.278 e. The molecule has 8 aromatic rings. The minimum atomic E-state index is 0.646. The maximum absolute atomic E-state index is 5.11. The lowest BCUT2D eigenvalue weighted by Crippen LogP contribution is -2.33. The van der Waals surface area contributed by atoms with Crippen molar-refractivity contribution in [3.05, 3.63) is 143 Å². The zero-order valence-corrected chi connectivity index (χ0v) is 26.3. The van der Waals surface area contributed by atoms with Gasteiger partial charge in [-0.15, -0.1) is 11.3 Å².